The summed E-state index contributed by atoms with van der Waals surface area (Å²) in [6.07, 6.45) is 1.98. The fourth-order valence-corrected chi connectivity index (χ4v) is 5.36. The Balaban J connectivity index is 2.08. The average Bonchev–Trinajstić information content (AvgIpc) is 2.50. The number of quaternary nitrogens is 1. The summed E-state index contributed by atoms with van der Waals surface area (Å²) in [7, 11) is -4.01. The molecule has 0 aromatic heterocycles. The van der Waals surface area contributed by atoms with Crippen molar-refractivity contribution < 1.29 is 17.1 Å². The van der Waals surface area contributed by atoms with Crippen LogP contribution in [0.15, 0.2) is 24.3 Å². The summed E-state index contributed by atoms with van der Waals surface area (Å²) in [4.78, 5) is 12.7. The smallest absolute Gasteiger partial charge is 0.230 e. The molecule has 1 saturated heterocycles. The largest absolute Gasteiger partial charge is 0.374 e. The van der Waals surface area contributed by atoms with Crippen LogP contribution in [0.5, 0.6) is 0 Å². The van der Waals surface area contributed by atoms with E-state index in [1.54, 1.807) is 6.07 Å². The molecule has 0 saturated carbocycles. The Labute approximate surface area is 157 Å². The normalized spacial score (nSPS) is 27.8. The van der Waals surface area contributed by atoms with Gasteiger partial charge in [0, 0.05) is 11.4 Å². The van der Waals surface area contributed by atoms with Gasteiger partial charge in [-0.2, -0.15) is 13.6 Å². The van der Waals surface area contributed by atoms with Crippen LogP contribution in [0, 0.1) is 5.92 Å². The third-order valence-electron chi connectivity index (χ3n) is 4.77. The Bertz CT molecular complexity index is 713. The van der Waals surface area contributed by atoms with Crippen LogP contribution in [0.1, 0.15) is 31.7 Å². The van der Waals surface area contributed by atoms with Gasteiger partial charge >= 0.3 is 16.1 Å². The number of alkyl halides is 1. The van der Waals surface area contributed by atoms with Gasteiger partial charge in [-0.15, -0.1) is 3.89 Å². The van der Waals surface area contributed by atoms with Crippen LogP contribution in [-0.4, -0.2) is 36.1 Å². The summed E-state index contributed by atoms with van der Waals surface area (Å²) in [5.41, 5.74) is 0.958. The van der Waals surface area contributed by atoms with Crippen molar-refractivity contribution in [1.82, 2.24) is 0 Å². The summed E-state index contributed by atoms with van der Waals surface area (Å²) in [6, 6.07) is 7.46. The average molecular weight is 439 g/mol. The molecule has 2 N–H and O–H groups in total. The minimum Gasteiger partial charge on any atom is -0.230 e. The number of carbonyl (C=O) groups excluding carboxylic acids is 1. The molecular formula is C16H23BrClN2O3S+. The molecule has 8 heteroatoms. The highest BCUT2D eigenvalue weighted by atomic mass is 79.9. The van der Waals surface area contributed by atoms with E-state index in [-0.39, 0.29) is 30.2 Å². The van der Waals surface area contributed by atoms with Crippen LogP contribution < -0.4 is 5.14 Å². The number of benzene rings is 1. The van der Waals surface area contributed by atoms with Gasteiger partial charge in [0.2, 0.25) is 0 Å². The fraction of sp³-hybridized carbons (Fsp3) is 0.562. The zero-order valence-corrected chi connectivity index (χ0v) is 16.8. The van der Waals surface area contributed by atoms with Crippen molar-refractivity contribution in [3.05, 3.63) is 34.9 Å². The quantitative estimate of drug-likeness (QED) is 0.567. The number of likely N-dealkylation sites (tertiary alicyclic amines) is 1. The molecule has 1 aromatic rings. The number of nitrogens with zero attached hydrogens (tertiary/aromatic N) is 1. The molecule has 24 heavy (non-hydrogen) atoms. The first-order valence-corrected chi connectivity index (χ1v) is 10.8. The maximum absolute atomic E-state index is 12.8. The second-order valence-electron chi connectivity index (χ2n) is 6.43. The maximum Gasteiger partial charge on any atom is 0.374 e. The van der Waals surface area contributed by atoms with Crippen molar-refractivity contribution in [3.8, 4) is 0 Å². The summed E-state index contributed by atoms with van der Waals surface area (Å²) in [5.74, 6) is -0.0187. The minimum atomic E-state index is -4.01. The molecule has 1 heterocycles. The summed E-state index contributed by atoms with van der Waals surface area (Å²) >= 11 is 9.61. The van der Waals surface area contributed by atoms with E-state index in [0.29, 0.717) is 30.2 Å². The predicted molar refractivity (Wildman–Crippen MR) is 99.0 cm³/mol. The number of carbonyl (C=O) groups is 1. The van der Waals surface area contributed by atoms with Gasteiger partial charge < -0.3 is 0 Å². The highest BCUT2D eigenvalue weighted by Gasteiger charge is 2.51. The number of halogens is 2. The van der Waals surface area contributed by atoms with Crippen molar-refractivity contribution >= 4 is 43.6 Å². The van der Waals surface area contributed by atoms with Gasteiger partial charge in [0.25, 0.3) is 0 Å². The summed E-state index contributed by atoms with van der Waals surface area (Å²) in [6.45, 7) is 2.47. The topological polar surface area (TPSA) is 77.2 Å². The molecule has 3 atom stereocenters. The Hall–Kier alpha value is -0.470. The molecule has 1 aliphatic rings. The van der Waals surface area contributed by atoms with E-state index in [0.717, 1.165) is 5.56 Å². The van der Waals surface area contributed by atoms with Crippen molar-refractivity contribution in [3.63, 3.8) is 0 Å². The van der Waals surface area contributed by atoms with Gasteiger partial charge in [-0.05, 0) is 30.4 Å². The van der Waals surface area contributed by atoms with E-state index in [1.807, 2.05) is 25.1 Å². The molecular weight excluding hydrogens is 416 g/mol. The van der Waals surface area contributed by atoms with Gasteiger partial charge in [-0.25, -0.2) is 4.79 Å². The lowest BCUT2D eigenvalue weighted by molar-refractivity contribution is -0.735. The first-order valence-electron chi connectivity index (χ1n) is 7.98. The number of piperidine rings is 1. The minimum absolute atomic E-state index is 0.0444. The lowest BCUT2D eigenvalue weighted by Crippen LogP contribution is -2.65. The molecule has 3 unspecified atom stereocenters. The second-order valence-corrected chi connectivity index (χ2v) is 9.74. The van der Waals surface area contributed by atoms with E-state index >= 15 is 0 Å². The summed E-state index contributed by atoms with van der Waals surface area (Å²) < 4.78 is 23.7. The molecule has 1 fully saturated rings. The highest BCUT2D eigenvalue weighted by molar-refractivity contribution is 9.09. The second kappa shape index (κ2) is 7.83. The van der Waals surface area contributed by atoms with Gasteiger partial charge in [0.05, 0.1) is 11.2 Å². The lowest BCUT2D eigenvalue weighted by Gasteiger charge is -2.39. The third kappa shape index (κ3) is 4.19. The van der Waals surface area contributed by atoms with Gasteiger partial charge in [0.15, 0.2) is 0 Å². The van der Waals surface area contributed by atoms with E-state index in [4.69, 9.17) is 16.7 Å². The molecule has 1 amide bonds. The van der Waals surface area contributed by atoms with Crippen molar-refractivity contribution in [2.45, 2.75) is 37.4 Å². The van der Waals surface area contributed by atoms with E-state index in [2.05, 4.69) is 15.9 Å². The predicted octanol–water partition coefficient (Wildman–Crippen LogP) is 3.01. The van der Waals surface area contributed by atoms with E-state index < -0.39 is 14.1 Å². The van der Waals surface area contributed by atoms with Gasteiger partial charge in [0.1, 0.15) is 13.1 Å². The molecule has 0 bridgehead atoms. The van der Waals surface area contributed by atoms with Crippen LogP contribution in [-0.2, 0) is 21.4 Å². The molecule has 0 aliphatic carbocycles. The molecule has 1 aromatic carbocycles. The first-order chi connectivity index (χ1) is 11.2. The SMILES string of the molecule is CC1CC[N+](C(=O)CCCc2ccccc2Cl)(S(N)(=O)=O)CC1Br. The first kappa shape index (κ1) is 19.8. The number of aryl methyl sites for hydroxylation is 1. The highest BCUT2D eigenvalue weighted by Crippen LogP contribution is 2.32. The molecule has 5 nitrogen and oxygen atoms in total. The molecule has 0 spiro atoms. The Kier molecular flexibility index (Phi) is 6.47. The zero-order chi connectivity index (χ0) is 18.0. The summed E-state index contributed by atoms with van der Waals surface area (Å²) in [5, 5.41) is 6.10. The molecule has 0 radical (unpaired) electrons. The van der Waals surface area contributed by atoms with Gasteiger partial charge in [-0.1, -0.05) is 52.7 Å². The Morgan fingerprint density at radius 2 is 2.08 bits per heavy atom. The number of amides is 1. The van der Waals surface area contributed by atoms with Crippen molar-refractivity contribution in [1.29, 1.82) is 0 Å². The number of rotatable bonds is 5. The Morgan fingerprint density at radius 1 is 1.42 bits per heavy atom. The van der Waals surface area contributed by atoms with Crippen LogP contribution in [0.2, 0.25) is 5.02 Å². The van der Waals surface area contributed by atoms with E-state index in [1.165, 1.54) is 0 Å². The van der Waals surface area contributed by atoms with E-state index in [9.17, 15) is 13.2 Å². The van der Waals surface area contributed by atoms with Crippen LogP contribution in [0.25, 0.3) is 0 Å². The third-order valence-corrected chi connectivity index (χ3v) is 7.84. The molecule has 134 valence electrons. The molecule has 2 rings (SSSR count). The fourth-order valence-electron chi connectivity index (χ4n) is 3.08. The van der Waals surface area contributed by atoms with Crippen molar-refractivity contribution in [2.75, 3.05) is 13.1 Å². The maximum atomic E-state index is 12.8. The Morgan fingerprint density at radius 3 is 2.67 bits per heavy atom. The standard InChI is InChI=1S/C16H23BrClN2O3S/c1-12-9-10-20(11-14(12)17,24(19,22)23)16(21)8-4-6-13-5-2-3-7-15(13)18/h2-3,5,7,12,14H,4,6,8-11H2,1H3,(H2,19,22,23)/q+1. The zero-order valence-electron chi connectivity index (χ0n) is 13.6. The lowest BCUT2D eigenvalue weighted by atomic mass is 9.98. The van der Waals surface area contributed by atoms with Crippen LogP contribution >= 0.6 is 27.5 Å². The van der Waals surface area contributed by atoms with Crippen LogP contribution in [0.4, 0.5) is 0 Å². The number of hydrogen-bond donors (Lipinski definition) is 1. The van der Waals surface area contributed by atoms with Crippen LogP contribution in [0.3, 0.4) is 0 Å². The van der Waals surface area contributed by atoms with Crippen molar-refractivity contribution in [2.24, 2.45) is 11.1 Å². The van der Waals surface area contributed by atoms with Gasteiger partial charge in [-0.3, -0.25) is 0 Å². The number of nitrogens with two attached hydrogens (primary N) is 1. The monoisotopic (exact) mass is 437 g/mol. The molecule has 1 aliphatic heterocycles. The number of hydrogen-bond acceptors (Lipinski definition) is 3.